The van der Waals surface area contributed by atoms with Crippen LogP contribution in [0.2, 0.25) is 0 Å². The molecule has 0 aromatic heterocycles. The van der Waals surface area contributed by atoms with Gasteiger partial charge in [0.15, 0.2) is 0 Å². The van der Waals surface area contributed by atoms with E-state index in [1.807, 2.05) is 31.2 Å². The van der Waals surface area contributed by atoms with Crippen LogP contribution >= 0.6 is 0 Å². The van der Waals surface area contributed by atoms with E-state index in [1.54, 1.807) is 0 Å². The molecule has 4 rings (SSSR count). The van der Waals surface area contributed by atoms with Gasteiger partial charge in [0.2, 0.25) is 0 Å². The van der Waals surface area contributed by atoms with Gasteiger partial charge >= 0.3 is 0 Å². The summed E-state index contributed by atoms with van der Waals surface area (Å²) in [5, 5.41) is 3.19. The Hall–Kier alpha value is -2.53. The first-order chi connectivity index (χ1) is 14.7. The molecular weight excluding hydrogens is 374 g/mol. The molecule has 0 unspecified atom stereocenters. The summed E-state index contributed by atoms with van der Waals surface area (Å²) in [6.45, 7) is 6.49. The first kappa shape index (κ1) is 20.7. The molecule has 30 heavy (non-hydrogen) atoms. The van der Waals surface area contributed by atoms with Crippen molar-refractivity contribution in [3.8, 4) is 5.75 Å². The zero-order chi connectivity index (χ0) is 20.9. The highest BCUT2D eigenvalue weighted by Crippen LogP contribution is 2.32. The summed E-state index contributed by atoms with van der Waals surface area (Å²) in [5.41, 5.74) is 4.76. The molecule has 5 heteroatoms. The van der Waals surface area contributed by atoms with Crippen LogP contribution in [0.3, 0.4) is 0 Å². The fourth-order valence-corrected chi connectivity index (χ4v) is 4.64. The monoisotopic (exact) mass is 407 g/mol. The predicted octanol–water partition coefficient (Wildman–Crippen LogP) is 4.03. The predicted molar refractivity (Wildman–Crippen MR) is 122 cm³/mol. The number of piperidine rings is 1. The Morgan fingerprint density at radius 3 is 2.57 bits per heavy atom. The summed E-state index contributed by atoms with van der Waals surface area (Å²) in [4.78, 5) is 17.7. The minimum atomic E-state index is -0.0269. The summed E-state index contributed by atoms with van der Waals surface area (Å²) in [6.07, 6.45) is 4.87. The molecule has 0 spiro atoms. The van der Waals surface area contributed by atoms with E-state index in [0.29, 0.717) is 18.7 Å². The second-order valence-electron chi connectivity index (χ2n) is 8.34. The average molecular weight is 408 g/mol. The lowest BCUT2D eigenvalue weighted by molar-refractivity contribution is 0.0924. The van der Waals surface area contributed by atoms with Crippen molar-refractivity contribution in [3.63, 3.8) is 0 Å². The van der Waals surface area contributed by atoms with Crippen molar-refractivity contribution in [1.29, 1.82) is 0 Å². The molecule has 0 saturated carbocycles. The quantitative estimate of drug-likeness (QED) is 0.753. The molecule has 1 amide bonds. The first-order valence-corrected chi connectivity index (χ1v) is 11.2. The minimum absolute atomic E-state index is 0.0269. The van der Waals surface area contributed by atoms with E-state index in [1.165, 1.54) is 36.1 Å². The molecule has 0 radical (unpaired) electrons. The fourth-order valence-electron chi connectivity index (χ4n) is 4.64. The molecule has 2 aliphatic heterocycles. The maximum atomic E-state index is 12.8. The average Bonchev–Trinajstić information content (AvgIpc) is 3.15. The van der Waals surface area contributed by atoms with E-state index >= 15 is 0 Å². The van der Waals surface area contributed by atoms with Gasteiger partial charge < -0.3 is 15.0 Å². The number of likely N-dealkylation sites (N-methyl/N-ethyl adjacent to an activating group) is 1. The van der Waals surface area contributed by atoms with Crippen molar-refractivity contribution in [1.82, 2.24) is 10.2 Å². The van der Waals surface area contributed by atoms with Gasteiger partial charge in [0.05, 0.1) is 12.6 Å². The number of likely N-dealkylation sites (tertiary alicyclic amines) is 1. The van der Waals surface area contributed by atoms with Crippen molar-refractivity contribution < 1.29 is 9.53 Å². The van der Waals surface area contributed by atoms with Crippen molar-refractivity contribution >= 4 is 11.6 Å². The smallest absolute Gasteiger partial charge is 0.251 e. The van der Waals surface area contributed by atoms with Crippen molar-refractivity contribution in [2.75, 3.05) is 44.7 Å². The van der Waals surface area contributed by atoms with Gasteiger partial charge in [0.25, 0.3) is 5.91 Å². The van der Waals surface area contributed by atoms with Gasteiger partial charge in [-0.2, -0.15) is 0 Å². The molecule has 2 heterocycles. The van der Waals surface area contributed by atoms with Gasteiger partial charge in [-0.05, 0) is 80.7 Å². The van der Waals surface area contributed by atoms with E-state index in [9.17, 15) is 4.79 Å². The number of carbonyl (C=O) groups is 1. The van der Waals surface area contributed by atoms with Gasteiger partial charge in [-0.3, -0.25) is 9.69 Å². The molecule has 1 saturated heterocycles. The summed E-state index contributed by atoms with van der Waals surface area (Å²) in [6, 6.07) is 14.5. The van der Waals surface area contributed by atoms with E-state index in [4.69, 9.17) is 4.74 Å². The highest BCUT2D eigenvalue weighted by molar-refractivity contribution is 5.94. The lowest BCUT2D eigenvalue weighted by Crippen LogP contribution is -2.40. The third-order valence-corrected chi connectivity index (χ3v) is 6.33. The Kier molecular flexibility index (Phi) is 6.58. The van der Waals surface area contributed by atoms with Crippen LogP contribution < -0.4 is 15.0 Å². The van der Waals surface area contributed by atoms with Crippen LogP contribution in [0.5, 0.6) is 5.75 Å². The summed E-state index contributed by atoms with van der Waals surface area (Å²) >= 11 is 0. The Bertz CT molecular complexity index is 859. The van der Waals surface area contributed by atoms with E-state index in [-0.39, 0.29) is 11.9 Å². The molecule has 2 aromatic carbocycles. The number of benzene rings is 2. The Labute approximate surface area is 180 Å². The highest BCUT2D eigenvalue weighted by atomic mass is 16.5. The van der Waals surface area contributed by atoms with Crippen LogP contribution in [-0.4, -0.2) is 50.6 Å². The Balaban J connectivity index is 1.48. The van der Waals surface area contributed by atoms with E-state index < -0.39 is 0 Å². The minimum Gasteiger partial charge on any atom is -0.494 e. The number of amides is 1. The number of ether oxygens (including phenoxy) is 1. The second kappa shape index (κ2) is 9.52. The molecule has 160 valence electrons. The fraction of sp³-hybridized carbons (Fsp3) is 0.480. The molecule has 0 aliphatic carbocycles. The number of carbonyl (C=O) groups excluding carboxylic acids is 1. The number of hydrogen-bond acceptors (Lipinski definition) is 4. The normalized spacial score (nSPS) is 17.5. The molecule has 1 atom stereocenters. The summed E-state index contributed by atoms with van der Waals surface area (Å²) in [7, 11) is 2.16. The molecule has 2 aliphatic rings. The lowest BCUT2D eigenvalue weighted by atomic mass is 9.98. The summed E-state index contributed by atoms with van der Waals surface area (Å²) in [5.74, 6) is 0.768. The van der Waals surface area contributed by atoms with Gasteiger partial charge in [-0.1, -0.05) is 18.6 Å². The number of fused-ring (bicyclic) bond motifs is 1. The van der Waals surface area contributed by atoms with Gasteiger partial charge in [0.1, 0.15) is 5.75 Å². The van der Waals surface area contributed by atoms with Gasteiger partial charge in [-0.25, -0.2) is 0 Å². The first-order valence-electron chi connectivity index (χ1n) is 11.2. The number of anilines is 1. The number of hydrogen-bond donors (Lipinski definition) is 1. The van der Waals surface area contributed by atoms with Gasteiger partial charge in [0, 0.05) is 31.4 Å². The topological polar surface area (TPSA) is 44.8 Å². The SMILES string of the molecule is CCOc1ccc(C(=O)NC[C@H](c2ccc3c(c2)CCN3C)N2CCCCC2)cc1. The third kappa shape index (κ3) is 4.62. The van der Waals surface area contributed by atoms with E-state index in [2.05, 4.69) is 40.4 Å². The number of nitrogens with one attached hydrogen (secondary N) is 1. The van der Waals surface area contributed by atoms with Crippen molar-refractivity contribution in [2.24, 2.45) is 0 Å². The molecule has 2 aromatic rings. The number of rotatable bonds is 7. The highest BCUT2D eigenvalue weighted by Gasteiger charge is 2.25. The van der Waals surface area contributed by atoms with Crippen molar-refractivity contribution in [3.05, 3.63) is 59.2 Å². The Morgan fingerprint density at radius 2 is 1.83 bits per heavy atom. The molecule has 5 nitrogen and oxygen atoms in total. The maximum Gasteiger partial charge on any atom is 0.251 e. The molecule has 1 N–H and O–H groups in total. The molecule has 1 fully saturated rings. The zero-order valence-electron chi connectivity index (χ0n) is 18.2. The van der Waals surface area contributed by atoms with E-state index in [0.717, 1.165) is 31.8 Å². The summed E-state index contributed by atoms with van der Waals surface area (Å²) < 4.78 is 5.48. The van der Waals surface area contributed by atoms with Crippen LogP contribution in [0, 0.1) is 0 Å². The van der Waals surface area contributed by atoms with Gasteiger partial charge in [-0.15, -0.1) is 0 Å². The van der Waals surface area contributed by atoms with Crippen LogP contribution in [-0.2, 0) is 6.42 Å². The zero-order valence-corrected chi connectivity index (χ0v) is 18.2. The maximum absolute atomic E-state index is 12.8. The van der Waals surface area contributed by atoms with Crippen LogP contribution in [0.25, 0.3) is 0 Å². The molecule has 0 bridgehead atoms. The largest absolute Gasteiger partial charge is 0.494 e. The standard InChI is InChI=1S/C25H33N3O2/c1-3-30-22-10-7-19(8-11-22)25(29)26-18-24(28-14-5-4-6-15-28)20-9-12-23-21(17-20)13-16-27(23)2/h7-12,17,24H,3-6,13-16,18H2,1-2H3,(H,26,29)/t24-/m1/s1. The van der Waals surface area contributed by atoms with Crippen molar-refractivity contribution in [2.45, 2.75) is 38.6 Å². The van der Waals surface area contributed by atoms with Crippen LogP contribution in [0.1, 0.15) is 53.7 Å². The van der Waals surface area contributed by atoms with Crippen LogP contribution in [0.15, 0.2) is 42.5 Å². The third-order valence-electron chi connectivity index (χ3n) is 6.33. The number of nitrogens with zero attached hydrogens (tertiary/aromatic N) is 2. The molecular formula is C25H33N3O2. The van der Waals surface area contributed by atoms with Crippen LogP contribution in [0.4, 0.5) is 5.69 Å². The second-order valence-corrected chi connectivity index (χ2v) is 8.34. The lowest BCUT2D eigenvalue weighted by Gasteiger charge is -2.35. The Morgan fingerprint density at radius 1 is 1.07 bits per heavy atom.